The number of amides is 2. The first-order valence-electron chi connectivity index (χ1n) is 12.5. The molecule has 2 amide bonds. The van der Waals surface area contributed by atoms with Crippen LogP contribution in [0.25, 0.3) is 10.8 Å². The highest BCUT2D eigenvalue weighted by Crippen LogP contribution is 2.62. The maximum Gasteiger partial charge on any atom is 0.240 e. The van der Waals surface area contributed by atoms with Crippen molar-refractivity contribution in [2.75, 3.05) is 4.90 Å². The number of ether oxygens (including phenoxy) is 1. The lowest BCUT2D eigenvalue weighted by Crippen LogP contribution is -2.42. The third-order valence-corrected chi connectivity index (χ3v) is 8.37. The topological polar surface area (TPSA) is 87.5 Å². The van der Waals surface area contributed by atoms with Crippen LogP contribution in [0.3, 0.4) is 0 Å². The Bertz CT molecular complexity index is 1460. The van der Waals surface area contributed by atoms with Crippen molar-refractivity contribution in [3.05, 3.63) is 77.9 Å². The van der Waals surface area contributed by atoms with Crippen molar-refractivity contribution in [2.24, 2.45) is 11.8 Å². The Morgan fingerprint density at radius 1 is 1.00 bits per heavy atom. The first kappa shape index (κ1) is 22.6. The Balaban J connectivity index is 1.31. The van der Waals surface area contributed by atoms with E-state index >= 15 is 0 Å². The second kappa shape index (κ2) is 8.11. The number of ketones is 1. The molecule has 0 saturated carbocycles. The molecule has 0 N–H and O–H groups in total. The number of hydrogen-bond donors (Lipinski definition) is 0. The van der Waals surface area contributed by atoms with Gasteiger partial charge < -0.3 is 4.74 Å². The van der Waals surface area contributed by atoms with E-state index in [1.54, 1.807) is 6.07 Å². The van der Waals surface area contributed by atoms with Crippen molar-refractivity contribution in [1.82, 2.24) is 0 Å². The number of Topliss-reactive ketones (excluding diaryl/α,β-unsaturated/α-hetero) is 1. The zero-order valence-electron chi connectivity index (χ0n) is 20.1. The van der Waals surface area contributed by atoms with E-state index in [0.717, 1.165) is 10.8 Å². The molecule has 2 bridgehead atoms. The second-order valence-electron chi connectivity index (χ2n) is 10.4. The molecule has 3 saturated heterocycles. The molecule has 4 unspecified atom stereocenters. The van der Waals surface area contributed by atoms with Gasteiger partial charge in [-0.1, -0.05) is 60.7 Å². The van der Waals surface area contributed by atoms with Gasteiger partial charge in [0.1, 0.15) is 6.07 Å². The smallest absolute Gasteiger partial charge is 0.240 e. The second-order valence-corrected chi connectivity index (χ2v) is 10.4. The summed E-state index contributed by atoms with van der Waals surface area (Å²) in [6, 6.07) is 22.4. The average molecular weight is 479 g/mol. The van der Waals surface area contributed by atoms with Gasteiger partial charge in [0, 0.05) is 17.4 Å². The van der Waals surface area contributed by atoms with Gasteiger partial charge in [0.05, 0.1) is 34.3 Å². The summed E-state index contributed by atoms with van der Waals surface area (Å²) in [7, 11) is 0. The van der Waals surface area contributed by atoms with E-state index < -0.39 is 23.0 Å². The van der Waals surface area contributed by atoms with Crippen LogP contribution >= 0.6 is 0 Å². The van der Waals surface area contributed by atoms with Crippen LogP contribution in [0.2, 0.25) is 0 Å². The predicted octanol–water partition coefficient (Wildman–Crippen LogP) is 5.19. The van der Waals surface area contributed by atoms with Crippen LogP contribution in [0.15, 0.2) is 66.7 Å². The van der Waals surface area contributed by atoms with E-state index in [2.05, 4.69) is 6.07 Å². The average Bonchev–Trinajstić information content (AvgIpc) is 3.48. The Kier molecular flexibility index (Phi) is 5.10. The lowest BCUT2D eigenvalue weighted by Gasteiger charge is -2.31. The summed E-state index contributed by atoms with van der Waals surface area (Å²) >= 11 is 0. The number of anilines is 1. The highest BCUT2D eigenvalue weighted by atomic mass is 16.5. The fourth-order valence-corrected chi connectivity index (χ4v) is 6.73. The minimum absolute atomic E-state index is 0.0626. The monoisotopic (exact) mass is 478 g/mol. The molecule has 3 aromatic carbocycles. The molecule has 36 heavy (non-hydrogen) atoms. The van der Waals surface area contributed by atoms with Crippen molar-refractivity contribution >= 4 is 34.1 Å². The number of imide groups is 1. The van der Waals surface area contributed by atoms with E-state index in [0.29, 0.717) is 48.9 Å². The first-order valence-corrected chi connectivity index (χ1v) is 12.5. The van der Waals surface area contributed by atoms with Gasteiger partial charge in [0.15, 0.2) is 5.78 Å². The normalized spacial score (nSPS) is 28.5. The summed E-state index contributed by atoms with van der Waals surface area (Å²) in [5.74, 6) is -1.71. The van der Waals surface area contributed by atoms with Crippen molar-refractivity contribution in [3.8, 4) is 6.07 Å². The van der Waals surface area contributed by atoms with Crippen LogP contribution in [0.1, 0.15) is 54.9 Å². The highest BCUT2D eigenvalue weighted by Gasteiger charge is 2.73. The van der Waals surface area contributed by atoms with Gasteiger partial charge >= 0.3 is 0 Å². The Morgan fingerprint density at radius 3 is 2.50 bits per heavy atom. The summed E-state index contributed by atoms with van der Waals surface area (Å²) in [6.45, 7) is 1.93. The SMILES string of the molecule is CC12CCC(CCCC(=O)c3ccccc3)(O1)C1C(=O)N(c3ccc4ccccc4c3C#N)C(=O)C12. The summed E-state index contributed by atoms with van der Waals surface area (Å²) in [5.41, 5.74) is -0.135. The maximum atomic E-state index is 13.9. The Hall–Kier alpha value is -3.82. The Labute approximate surface area is 209 Å². The molecule has 3 heterocycles. The number of nitrogens with zero attached hydrogens (tertiary/aromatic N) is 2. The molecule has 4 atom stereocenters. The molecule has 180 valence electrons. The molecule has 0 aliphatic carbocycles. The van der Waals surface area contributed by atoms with Crippen LogP contribution < -0.4 is 4.90 Å². The zero-order valence-corrected chi connectivity index (χ0v) is 20.1. The van der Waals surface area contributed by atoms with E-state index in [-0.39, 0.29) is 17.6 Å². The highest BCUT2D eigenvalue weighted by molar-refractivity contribution is 6.24. The predicted molar refractivity (Wildman–Crippen MR) is 134 cm³/mol. The van der Waals surface area contributed by atoms with Crippen LogP contribution in [0, 0.1) is 23.2 Å². The van der Waals surface area contributed by atoms with Crippen LogP contribution in [0.4, 0.5) is 5.69 Å². The quantitative estimate of drug-likeness (QED) is 0.359. The number of carbonyl (C=O) groups excluding carboxylic acids is 3. The van der Waals surface area contributed by atoms with Gasteiger partial charge in [-0.25, -0.2) is 4.90 Å². The molecule has 6 heteroatoms. The number of hydrogen-bond acceptors (Lipinski definition) is 5. The molecule has 0 aromatic heterocycles. The maximum absolute atomic E-state index is 13.9. The number of benzene rings is 3. The molecule has 3 aliphatic heterocycles. The van der Waals surface area contributed by atoms with Crippen molar-refractivity contribution in [3.63, 3.8) is 0 Å². The summed E-state index contributed by atoms with van der Waals surface area (Å²) in [5, 5.41) is 11.6. The third kappa shape index (κ3) is 3.16. The molecule has 3 aromatic rings. The number of nitriles is 1. The van der Waals surface area contributed by atoms with E-state index in [4.69, 9.17) is 4.74 Å². The number of fused-ring (bicyclic) bond motifs is 6. The molecule has 6 nitrogen and oxygen atoms in total. The number of carbonyl (C=O) groups is 3. The Morgan fingerprint density at radius 2 is 1.72 bits per heavy atom. The standard InChI is InChI=1S/C30H26N2O4/c1-29-16-17-30(36-29,15-7-12-24(33)20-9-3-2-4-10-20)26-25(29)27(34)32(28(26)35)23-14-13-19-8-5-6-11-21(19)22(23)18-31/h2-6,8-11,13-14,25-26H,7,12,15-17H2,1H3. The molecule has 6 rings (SSSR count). The van der Waals surface area contributed by atoms with Gasteiger partial charge in [-0.3, -0.25) is 14.4 Å². The molecule has 0 radical (unpaired) electrons. The molecular formula is C30H26N2O4. The summed E-state index contributed by atoms with van der Waals surface area (Å²) in [4.78, 5) is 41.5. The third-order valence-electron chi connectivity index (χ3n) is 8.37. The van der Waals surface area contributed by atoms with Gasteiger partial charge in [-0.2, -0.15) is 5.26 Å². The lowest BCUT2D eigenvalue weighted by atomic mass is 9.67. The van der Waals surface area contributed by atoms with Crippen molar-refractivity contribution < 1.29 is 19.1 Å². The van der Waals surface area contributed by atoms with E-state index in [1.165, 1.54) is 4.90 Å². The van der Waals surface area contributed by atoms with E-state index in [9.17, 15) is 19.6 Å². The van der Waals surface area contributed by atoms with Crippen LogP contribution in [-0.2, 0) is 14.3 Å². The van der Waals surface area contributed by atoms with Gasteiger partial charge in [-0.05, 0) is 44.1 Å². The first-order chi connectivity index (χ1) is 17.4. The molecule has 3 fully saturated rings. The molecule has 3 aliphatic rings. The largest absolute Gasteiger partial charge is 0.367 e. The fraction of sp³-hybridized carbons (Fsp3) is 0.333. The van der Waals surface area contributed by atoms with E-state index in [1.807, 2.05) is 67.6 Å². The summed E-state index contributed by atoms with van der Waals surface area (Å²) < 4.78 is 6.51. The lowest BCUT2D eigenvalue weighted by molar-refractivity contribution is -0.130. The number of rotatable bonds is 6. The molecular weight excluding hydrogens is 452 g/mol. The fourth-order valence-electron chi connectivity index (χ4n) is 6.73. The zero-order chi connectivity index (χ0) is 25.1. The van der Waals surface area contributed by atoms with Crippen molar-refractivity contribution in [1.29, 1.82) is 5.26 Å². The summed E-state index contributed by atoms with van der Waals surface area (Å²) in [6.07, 6.45) is 2.85. The van der Waals surface area contributed by atoms with Gasteiger partial charge in [0.2, 0.25) is 11.8 Å². The van der Waals surface area contributed by atoms with Crippen LogP contribution in [0.5, 0.6) is 0 Å². The molecule has 0 spiro atoms. The van der Waals surface area contributed by atoms with Gasteiger partial charge in [-0.15, -0.1) is 0 Å². The minimum Gasteiger partial charge on any atom is -0.367 e. The van der Waals surface area contributed by atoms with Crippen molar-refractivity contribution in [2.45, 2.75) is 50.2 Å². The minimum atomic E-state index is -0.762. The van der Waals surface area contributed by atoms with Gasteiger partial charge in [0.25, 0.3) is 0 Å². The van der Waals surface area contributed by atoms with Crippen LogP contribution in [-0.4, -0.2) is 28.8 Å².